The third-order valence-electron chi connectivity index (χ3n) is 5.03. The van der Waals surface area contributed by atoms with Gasteiger partial charge >= 0.3 is 0 Å². The summed E-state index contributed by atoms with van der Waals surface area (Å²) in [7, 11) is 2.16. The van der Waals surface area contributed by atoms with Crippen LogP contribution in [0, 0.1) is 0 Å². The number of carbonyl (C=O) groups is 1. The molecule has 0 unspecified atom stereocenters. The minimum absolute atomic E-state index is 0.0569. The van der Waals surface area contributed by atoms with Crippen molar-refractivity contribution in [3.05, 3.63) is 46.7 Å². The lowest BCUT2D eigenvalue weighted by molar-refractivity contribution is 0.0948. The summed E-state index contributed by atoms with van der Waals surface area (Å²) in [5.41, 5.74) is 2.40. The summed E-state index contributed by atoms with van der Waals surface area (Å²) in [4.78, 5) is 17.4. The lowest BCUT2D eigenvalue weighted by atomic mass is 10.2. The van der Waals surface area contributed by atoms with Gasteiger partial charge in [0, 0.05) is 37.7 Å². The van der Waals surface area contributed by atoms with Crippen molar-refractivity contribution in [1.82, 2.24) is 24.9 Å². The molecule has 0 radical (unpaired) electrons. The number of likely N-dealkylation sites (N-methyl/N-ethyl adjacent to an activating group) is 1. The molecular weight excluding hydrogens is 362 g/mol. The number of piperazine rings is 1. The van der Waals surface area contributed by atoms with Crippen molar-refractivity contribution in [1.29, 1.82) is 0 Å². The van der Waals surface area contributed by atoms with E-state index in [1.54, 1.807) is 10.9 Å². The Morgan fingerprint density at radius 3 is 2.74 bits per heavy atom. The number of nitrogens with one attached hydrogen (secondary N) is 1. The number of amides is 1. The second-order valence-corrected chi connectivity index (χ2v) is 7.44. The smallest absolute Gasteiger partial charge is 0.254 e. The largest absolute Gasteiger partial charge is 0.352 e. The Morgan fingerprint density at radius 1 is 1.26 bits per heavy atom. The molecule has 6 nitrogen and oxygen atoms in total. The molecule has 146 valence electrons. The highest BCUT2D eigenvalue weighted by atomic mass is 35.5. The van der Waals surface area contributed by atoms with Crippen LogP contribution in [0.5, 0.6) is 0 Å². The average molecular weight is 390 g/mol. The first-order valence-corrected chi connectivity index (χ1v) is 9.98. The number of benzene rings is 1. The zero-order valence-corrected chi connectivity index (χ0v) is 16.9. The van der Waals surface area contributed by atoms with Gasteiger partial charge in [0.2, 0.25) is 0 Å². The predicted molar refractivity (Wildman–Crippen MR) is 109 cm³/mol. The number of aromatic nitrogens is 2. The van der Waals surface area contributed by atoms with Gasteiger partial charge in [0.1, 0.15) is 0 Å². The molecule has 7 heteroatoms. The fourth-order valence-corrected chi connectivity index (χ4v) is 3.59. The molecule has 1 aromatic heterocycles. The Hall–Kier alpha value is -1.89. The third-order valence-corrected chi connectivity index (χ3v) is 5.27. The van der Waals surface area contributed by atoms with Crippen molar-refractivity contribution >= 4 is 17.5 Å². The molecule has 1 fully saturated rings. The van der Waals surface area contributed by atoms with E-state index in [1.165, 1.54) is 0 Å². The molecule has 3 rings (SSSR count). The van der Waals surface area contributed by atoms with E-state index in [0.29, 0.717) is 17.1 Å². The van der Waals surface area contributed by atoms with Gasteiger partial charge < -0.3 is 15.1 Å². The third kappa shape index (κ3) is 5.09. The van der Waals surface area contributed by atoms with Crippen LogP contribution in [0.1, 0.15) is 29.4 Å². The van der Waals surface area contributed by atoms with Crippen LogP contribution in [0.4, 0.5) is 0 Å². The molecule has 0 saturated carbocycles. The molecule has 1 aliphatic heterocycles. The SMILES string of the molecule is CCc1c(C(=O)NCCCN2CCN(C)CC2)cnn1-c1cccc(Cl)c1. The van der Waals surface area contributed by atoms with Crippen molar-refractivity contribution in [2.75, 3.05) is 46.3 Å². The lowest BCUT2D eigenvalue weighted by Gasteiger charge is -2.32. The van der Waals surface area contributed by atoms with Crippen LogP contribution in [-0.2, 0) is 6.42 Å². The molecule has 1 aromatic carbocycles. The van der Waals surface area contributed by atoms with Gasteiger partial charge in [0.25, 0.3) is 5.91 Å². The Bertz CT molecular complexity index is 767. The van der Waals surface area contributed by atoms with Gasteiger partial charge in [-0.3, -0.25) is 4.79 Å². The van der Waals surface area contributed by atoms with Crippen molar-refractivity contribution < 1.29 is 4.79 Å². The quantitative estimate of drug-likeness (QED) is 0.739. The number of hydrogen-bond donors (Lipinski definition) is 1. The average Bonchev–Trinajstić information content (AvgIpc) is 3.10. The fourth-order valence-electron chi connectivity index (χ4n) is 3.41. The molecule has 0 aliphatic carbocycles. The van der Waals surface area contributed by atoms with E-state index in [2.05, 4.69) is 27.3 Å². The molecule has 0 bridgehead atoms. The summed E-state index contributed by atoms with van der Waals surface area (Å²) in [6, 6.07) is 7.51. The summed E-state index contributed by atoms with van der Waals surface area (Å²) < 4.78 is 1.80. The zero-order chi connectivity index (χ0) is 19.2. The summed E-state index contributed by atoms with van der Waals surface area (Å²) in [5.74, 6) is -0.0569. The molecule has 1 aliphatic rings. The van der Waals surface area contributed by atoms with Crippen LogP contribution in [0.25, 0.3) is 5.69 Å². The molecule has 2 heterocycles. The van der Waals surface area contributed by atoms with E-state index in [9.17, 15) is 4.79 Å². The Morgan fingerprint density at radius 2 is 2.04 bits per heavy atom. The first kappa shape index (κ1) is 19.9. The molecule has 27 heavy (non-hydrogen) atoms. The molecule has 2 aromatic rings. The minimum atomic E-state index is -0.0569. The first-order chi connectivity index (χ1) is 13.1. The molecular formula is C20H28ClN5O. The van der Waals surface area contributed by atoms with Crippen LogP contribution in [0.2, 0.25) is 5.02 Å². The molecule has 1 amide bonds. The van der Waals surface area contributed by atoms with E-state index in [4.69, 9.17) is 11.6 Å². The highest BCUT2D eigenvalue weighted by molar-refractivity contribution is 6.30. The maximum Gasteiger partial charge on any atom is 0.254 e. The number of hydrogen-bond acceptors (Lipinski definition) is 4. The summed E-state index contributed by atoms with van der Waals surface area (Å²) in [6.45, 7) is 8.19. The van der Waals surface area contributed by atoms with Crippen LogP contribution in [-0.4, -0.2) is 71.8 Å². The van der Waals surface area contributed by atoms with E-state index < -0.39 is 0 Å². The predicted octanol–water partition coefficient (Wildman–Crippen LogP) is 2.46. The second-order valence-electron chi connectivity index (χ2n) is 7.00. The van der Waals surface area contributed by atoms with Gasteiger partial charge in [0.05, 0.1) is 23.1 Å². The Balaban J connectivity index is 1.55. The van der Waals surface area contributed by atoms with Crippen LogP contribution in [0.3, 0.4) is 0 Å². The monoisotopic (exact) mass is 389 g/mol. The second kappa shape index (κ2) is 9.35. The van der Waals surface area contributed by atoms with Gasteiger partial charge in [-0.2, -0.15) is 5.10 Å². The summed E-state index contributed by atoms with van der Waals surface area (Å²) in [6.07, 6.45) is 3.32. The number of carbonyl (C=O) groups excluding carboxylic acids is 1. The highest BCUT2D eigenvalue weighted by Crippen LogP contribution is 2.19. The fraction of sp³-hybridized carbons (Fsp3) is 0.500. The van der Waals surface area contributed by atoms with E-state index in [-0.39, 0.29) is 5.91 Å². The maximum absolute atomic E-state index is 12.6. The van der Waals surface area contributed by atoms with Crippen LogP contribution in [0.15, 0.2) is 30.5 Å². The van der Waals surface area contributed by atoms with Crippen LogP contribution >= 0.6 is 11.6 Å². The topological polar surface area (TPSA) is 53.4 Å². The summed E-state index contributed by atoms with van der Waals surface area (Å²) >= 11 is 6.09. The van der Waals surface area contributed by atoms with Crippen molar-refractivity contribution in [3.8, 4) is 5.69 Å². The van der Waals surface area contributed by atoms with Gasteiger partial charge in [-0.05, 0) is 44.6 Å². The maximum atomic E-state index is 12.6. The number of rotatable bonds is 7. The normalized spacial score (nSPS) is 15.8. The van der Waals surface area contributed by atoms with Gasteiger partial charge in [-0.1, -0.05) is 24.6 Å². The van der Waals surface area contributed by atoms with Crippen molar-refractivity contribution in [3.63, 3.8) is 0 Å². The first-order valence-electron chi connectivity index (χ1n) is 9.60. The molecule has 1 N–H and O–H groups in total. The van der Waals surface area contributed by atoms with Gasteiger partial charge in [0.15, 0.2) is 0 Å². The van der Waals surface area contributed by atoms with E-state index in [1.807, 2.05) is 31.2 Å². The molecule has 0 atom stereocenters. The molecule has 1 saturated heterocycles. The van der Waals surface area contributed by atoms with Crippen molar-refractivity contribution in [2.45, 2.75) is 19.8 Å². The van der Waals surface area contributed by atoms with Gasteiger partial charge in [-0.25, -0.2) is 4.68 Å². The highest BCUT2D eigenvalue weighted by Gasteiger charge is 2.17. The van der Waals surface area contributed by atoms with Crippen molar-refractivity contribution in [2.24, 2.45) is 0 Å². The summed E-state index contributed by atoms with van der Waals surface area (Å²) in [5, 5.41) is 8.11. The van der Waals surface area contributed by atoms with E-state index in [0.717, 1.165) is 56.9 Å². The van der Waals surface area contributed by atoms with Crippen LogP contribution < -0.4 is 5.32 Å². The number of nitrogens with zero attached hydrogens (tertiary/aromatic N) is 4. The van der Waals surface area contributed by atoms with E-state index >= 15 is 0 Å². The zero-order valence-electron chi connectivity index (χ0n) is 16.1. The standard InChI is InChI=1S/C20H28ClN5O/c1-3-19-18(15-23-26(19)17-7-4-6-16(21)14-17)20(27)22-8-5-9-25-12-10-24(2)11-13-25/h4,6-7,14-15H,3,5,8-13H2,1-2H3,(H,22,27). The molecule has 0 spiro atoms. The Labute approximate surface area is 166 Å². The lowest BCUT2D eigenvalue weighted by Crippen LogP contribution is -2.45. The minimum Gasteiger partial charge on any atom is -0.352 e. The number of halogens is 1. The van der Waals surface area contributed by atoms with Gasteiger partial charge in [-0.15, -0.1) is 0 Å². The Kier molecular flexibility index (Phi) is 6.88.